The number of carbonyl (C=O) groups is 1. The fraction of sp³-hybridized carbons (Fsp3) is 0.435. The molecule has 1 amide bonds. The Morgan fingerprint density at radius 1 is 1.03 bits per heavy atom. The molecule has 0 aromatic heterocycles. The zero-order valence-electron chi connectivity index (χ0n) is 18.5. The first-order valence-electron chi connectivity index (χ1n) is 10.6. The summed E-state index contributed by atoms with van der Waals surface area (Å²) in [5.41, 5.74) is -2.48. The second-order valence-corrected chi connectivity index (χ2v) is 7.81. The molecule has 2 aromatic carbocycles. The number of hydrogen-bond acceptors (Lipinski definition) is 4. The molecule has 1 heterocycles. The molecule has 0 fully saturated rings. The van der Waals surface area contributed by atoms with E-state index in [1.807, 2.05) is 0 Å². The number of halogens is 6. The Balaban J connectivity index is 2.16. The third-order valence-electron chi connectivity index (χ3n) is 5.70. The molecule has 0 radical (unpaired) electrons. The van der Waals surface area contributed by atoms with Gasteiger partial charge in [-0.1, -0.05) is 19.1 Å². The van der Waals surface area contributed by atoms with Gasteiger partial charge < -0.3 is 14.7 Å². The highest BCUT2D eigenvalue weighted by Crippen LogP contribution is 2.43. The predicted molar refractivity (Wildman–Crippen MR) is 114 cm³/mol. The maximum atomic E-state index is 13.4. The van der Waals surface area contributed by atoms with Gasteiger partial charge in [0.2, 0.25) is 0 Å². The minimum Gasteiger partial charge on any atom is -0.449 e. The average Bonchev–Trinajstić information content (AvgIpc) is 2.77. The maximum Gasteiger partial charge on any atom is 0.416 e. The number of fused-ring (bicyclic) bond motifs is 1. The van der Waals surface area contributed by atoms with Crippen LogP contribution >= 0.6 is 0 Å². The van der Waals surface area contributed by atoms with Crippen LogP contribution < -0.4 is 9.80 Å². The number of carbonyl (C=O) groups excluding carboxylic acids is 1. The van der Waals surface area contributed by atoms with Gasteiger partial charge in [-0.25, -0.2) is 4.79 Å². The highest BCUT2D eigenvalue weighted by Gasteiger charge is 2.40. The molecule has 1 aliphatic rings. The molecule has 0 saturated carbocycles. The van der Waals surface area contributed by atoms with Crippen molar-refractivity contribution in [3.63, 3.8) is 0 Å². The molecule has 1 aliphatic heterocycles. The molecule has 2 atom stereocenters. The number of rotatable bonds is 5. The molecule has 3 rings (SSSR count). The van der Waals surface area contributed by atoms with Crippen molar-refractivity contribution >= 4 is 17.5 Å². The van der Waals surface area contributed by atoms with E-state index in [4.69, 9.17) is 4.74 Å². The lowest BCUT2D eigenvalue weighted by Crippen LogP contribution is -2.53. The van der Waals surface area contributed by atoms with Crippen LogP contribution in [-0.4, -0.2) is 37.0 Å². The van der Waals surface area contributed by atoms with E-state index in [0.717, 1.165) is 0 Å². The summed E-state index contributed by atoms with van der Waals surface area (Å²) in [5, 5.41) is 10.2. The summed E-state index contributed by atoms with van der Waals surface area (Å²) < 4.78 is 85.6. The van der Waals surface area contributed by atoms with E-state index >= 15 is 0 Å². The standard InChI is InChI=1S/C23H24F6N2O3/c1-3-17-12-30(18-7-5-6-8-19(18)31(17)21(33)34-4-2)20(13-32)14-9-15(22(24,25)26)11-16(10-14)23(27,28)29/h5-11,17,20,32H,3-4,12-13H2,1-2H3. The SMILES string of the molecule is CCOC(=O)N1c2ccccc2N(C(CO)c2cc(C(F)(F)F)cc(C(F)(F)F)c2)CC1CC. The largest absolute Gasteiger partial charge is 0.449 e. The average molecular weight is 490 g/mol. The van der Waals surface area contributed by atoms with E-state index in [1.165, 1.54) is 9.80 Å². The van der Waals surface area contributed by atoms with Crippen molar-refractivity contribution < 1.29 is 41.0 Å². The molecule has 2 aromatic rings. The van der Waals surface area contributed by atoms with Gasteiger partial charge >= 0.3 is 18.4 Å². The smallest absolute Gasteiger partial charge is 0.416 e. The molecule has 0 bridgehead atoms. The normalized spacial score (nSPS) is 17.4. The number of nitrogens with zero attached hydrogens (tertiary/aromatic N) is 2. The Labute approximate surface area is 192 Å². The van der Waals surface area contributed by atoms with Crippen molar-refractivity contribution in [1.29, 1.82) is 0 Å². The van der Waals surface area contributed by atoms with Gasteiger partial charge in [-0.2, -0.15) is 26.3 Å². The van der Waals surface area contributed by atoms with E-state index in [9.17, 15) is 36.2 Å². The minimum absolute atomic E-state index is 0.0550. The summed E-state index contributed by atoms with van der Waals surface area (Å²) in [6.45, 7) is 2.89. The van der Waals surface area contributed by atoms with Crippen LogP contribution in [0.2, 0.25) is 0 Å². The number of hydrogen-bond donors (Lipinski definition) is 1. The number of aliphatic hydroxyl groups excluding tert-OH is 1. The summed E-state index contributed by atoms with van der Waals surface area (Å²) in [6, 6.07) is 6.08. The van der Waals surface area contributed by atoms with E-state index in [1.54, 1.807) is 38.1 Å². The van der Waals surface area contributed by atoms with Crippen molar-refractivity contribution in [1.82, 2.24) is 0 Å². The second kappa shape index (κ2) is 9.73. The zero-order chi connectivity index (χ0) is 25.3. The van der Waals surface area contributed by atoms with E-state index in [-0.39, 0.29) is 24.8 Å². The van der Waals surface area contributed by atoms with E-state index in [0.29, 0.717) is 29.9 Å². The molecule has 186 valence electrons. The van der Waals surface area contributed by atoms with Crippen LogP contribution in [0.15, 0.2) is 42.5 Å². The highest BCUT2D eigenvalue weighted by atomic mass is 19.4. The summed E-state index contributed by atoms with van der Waals surface area (Å²) in [5.74, 6) is 0. The lowest BCUT2D eigenvalue weighted by molar-refractivity contribution is -0.143. The van der Waals surface area contributed by atoms with Crippen LogP contribution in [0, 0.1) is 0 Å². The van der Waals surface area contributed by atoms with Crippen LogP contribution in [0.5, 0.6) is 0 Å². The fourth-order valence-corrected chi connectivity index (χ4v) is 4.12. The quantitative estimate of drug-likeness (QED) is 0.521. The first kappa shape index (κ1) is 25.7. The lowest BCUT2D eigenvalue weighted by atomic mass is 9.96. The van der Waals surface area contributed by atoms with Gasteiger partial charge in [-0.05, 0) is 49.2 Å². The van der Waals surface area contributed by atoms with Gasteiger partial charge in [0.15, 0.2) is 0 Å². The third kappa shape index (κ3) is 5.08. The van der Waals surface area contributed by atoms with Crippen LogP contribution in [0.3, 0.4) is 0 Å². The molecular weight excluding hydrogens is 466 g/mol. The molecule has 11 heteroatoms. The van der Waals surface area contributed by atoms with Gasteiger partial charge in [-0.15, -0.1) is 0 Å². The van der Waals surface area contributed by atoms with Crippen LogP contribution in [0.1, 0.15) is 43.0 Å². The Hall–Kier alpha value is -2.95. The first-order valence-corrected chi connectivity index (χ1v) is 10.6. The molecule has 0 saturated heterocycles. The molecule has 1 N–H and O–H groups in total. The number of aliphatic hydroxyl groups is 1. The number of amides is 1. The van der Waals surface area contributed by atoms with Crippen molar-refractivity contribution in [2.24, 2.45) is 0 Å². The highest BCUT2D eigenvalue weighted by molar-refractivity contribution is 5.94. The Morgan fingerprint density at radius 3 is 2.06 bits per heavy atom. The Bertz CT molecular complexity index is 992. The van der Waals surface area contributed by atoms with Crippen molar-refractivity contribution in [2.45, 2.75) is 44.7 Å². The van der Waals surface area contributed by atoms with Crippen LogP contribution in [-0.2, 0) is 17.1 Å². The Morgan fingerprint density at radius 2 is 1.59 bits per heavy atom. The summed E-state index contributed by atoms with van der Waals surface area (Å²) in [7, 11) is 0. The molecule has 34 heavy (non-hydrogen) atoms. The second-order valence-electron chi connectivity index (χ2n) is 7.81. The van der Waals surface area contributed by atoms with Crippen molar-refractivity contribution in [3.05, 3.63) is 59.2 Å². The monoisotopic (exact) mass is 490 g/mol. The summed E-state index contributed by atoms with van der Waals surface area (Å²) in [4.78, 5) is 15.6. The number of para-hydroxylation sites is 2. The van der Waals surface area contributed by atoms with Crippen molar-refractivity contribution in [3.8, 4) is 0 Å². The van der Waals surface area contributed by atoms with E-state index in [2.05, 4.69) is 0 Å². The van der Waals surface area contributed by atoms with E-state index < -0.39 is 48.3 Å². The van der Waals surface area contributed by atoms with Crippen molar-refractivity contribution in [2.75, 3.05) is 29.6 Å². The van der Waals surface area contributed by atoms with Gasteiger partial charge in [-0.3, -0.25) is 4.90 Å². The minimum atomic E-state index is -5.01. The molecule has 2 unspecified atom stereocenters. The van der Waals surface area contributed by atoms with Gasteiger partial charge in [0.05, 0.1) is 47.8 Å². The molecule has 0 aliphatic carbocycles. The molecule has 5 nitrogen and oxygen atoms in total. The summed E-state index contributed by atoms with van der Waals surface area (Å²) in [6.07, 6.45) is -10.2. The molecular formula is C23H24F6N2O3. The molecule has 0 spiro atoms. The van der Waals surface area contributed by atoms with Gasteiger partial charge in [0.1, 0.15) is 0 Å². The predicted octanol–water partition coefficient (Wildman–Crippen LogP) is 6.02. The number of benzene rings is 2. The zero-order valence-corrected chi connectivity index (χ0v) is 18.5. The van der Waals surface area contributed by atoms with Crippen LogP contribution in [0.25, 0.3) is 0 Å². The van der Waals surface area contributed by atoms with Gasteiger partial charge in [0, 0.05) is 6.54 Å². The topological polar surface area (TPSA) is 53.0 Å². The maximum absolute atomic E-state index is 13.4. The number of alkyl halides is 6. The van der Waals surface area contributed by atoms with Gasteiger partial charge in [0.25, 0.3) is 0 Å². The first-order chi connectivity index (χ1) is 15.9. The fourth-order valence-electron chi connectivity index (χ4n) is 4.12. The summed E-state index contributed by atoms with van der Waals surface area (Å²) >= 11 is 0. The Kier molecular flexibility index (Phi) is 7.35. The number of ether oxygens (including phenoxy) is 1. The third-order valence-corrected chi connectivity index (χ3v) is 5.70. The lowest BCUT2D eigenvalue weighted by Gasteiger charge is -2.45. The number of anilines is 2. The van der Waals surface area contributed by atoms with Crippen LogP contribution in [0.4, 0.5) is 42.5 Å².